The van der Waals surface area contributed by atoms with Crippen LogP contribution in [0.3, 0.4) is 0 Å². The second kappa shape index (κ2) is 9.57. The van der Waals surface area contributed by atoms with Crippen LogP contribution in [-0.2, 0) is 10.0 Å². The van der Waals surface area contributed by atoms with E-state index in [-0.39, 0.29) is 23.0 Å². The molecule has 1 N–H and O–H groups in total. The first-order valence-electron chi connectivity index (χ1n) is 11.3. The lowest BCUT2D eigenvalue weighted by molar-refractivity contribution is -0.180. The van der Waals surface area contributed by atoms with Gasteiger partial charge >= 0.3 is 12.8 Å². The molecule has 0 radical (unpaired) electrons. The predicted octanol–water partition coefficient (Wildman–Crippen LogP) is 5.91. The predicted molar refractivity (Wildman–Crippen MR) is 124 cm³/mol. The molecule has 1 aromatic carbocycles. The lowest BCUT2D eigenvalue weighted by Crippen LogP contribution is -2.54. The third kappa shape index (κ3) is 5.13. The Hall–Kier alpha value is -3.24. The molecule has 13 heteroatoms. The Balaban J connectivity index is 1.83. The van der Waals surface area contributed by atoms with Crippen LogP contribution < -0.4 is 9.46 Å². The number of alkyl halides is 5. The maximum atomic E-state index is 13.2. The van der Waals surface area contributed by atoms with Crippen LogP contribution in [0.1, 0.15) is 51.1 Å². The van der Waals surface area contributed by atoms with E-state index in [2.05, 4.69) is 15.8 Å². The largest absolute Gasteiger partial charge is 0.435 e. The first-order chi connectivity index (χ1) is 17.2. The van der Waals surface area contributed by atoms with Crippen molar-refractivity contribution < 1.29 is 35.1 Å². The number of hydrogen-bond donors (Lipinski definition) is 1. The minimum absolute atomic E-state index is 0.0686. The van der Waals surface area contributed by atoms with Crippen LogP contribution in [0.25, 0.3) is 22.3 Å². The third-order valence-electron chi connectivity index (χ3n) is 6.39. The lowest BCUT2D eigenvalue weighted by atomic mass is 10.1. The molecular formula is C24H23F5N4O3S. The van der Waals surface area contributed by atoms with Crippen LogP contribution in [-0.4, -0.2) is 36.3 Å². The van der Waals surface area contributed by atoms with Gasteiger partial charge in [0.1, 0.15) is 22.3 Å². The maximum Gasteiger partial charge on any atom is 0.407 e. The van der Waals surface area contributed by atoms with Gasteiger partial charge in [0, 0.05) is 23.7 Å². The Bertz CT molecular complexity index is 1450. The number of nitrogens with one attached hydrogen (secondary N) is 1. The standard InChI is InChI=1S/C24H23F5N4O3S/c1-23(2,24(27,28)29)32-37(34,35)16-8-10-19(31-13-16)21-18(12-30)17-9-7-15(36-22(25)26)11-20(17)33(21)14-5-3-4-6-14/h7-11,13-14,22,32H,3-6H2,1-2H3. The van der Waals surface area contributed by atoms with Crippen molar-refractivity contribution in [1.82, 2.24) is 14.3 Å². The molecule has 0 atom stereocenters. The minimum Gasteiger partial charge on any atom is -0.435 e. The molecule has 2 heterocycles. The van der Waals surface area contributed by atoms with Crippen LogP contribution in [0.15, 0.2) is 41.4 Å². The van der Waals surface area contributed by atoms with E-state index in [0.717, 1.165) is 37.9 Å². The van der Waals surface area contributed by atoms with Crippen molar-refractivity contribution in [1.29, 1.82) is 5.26 Å². The first kappa shape index (κ1) is 26.8. The van der Waals surface area contributed by atoms with E-state index in [1.165, 1.54) is 24.3 Å². The number of fused-ring (bicyclic) bond motifs is 1. The third-order valence-corrected chi connectivity index (χ3v) is 8.03. The van der Waals surface area contributed by atoms with Crippen LogP contribution in [0.5, 0.6) is 5.75 Å². The van der Waals surface area contributed by atoms with Gasteiger partial charge in [0.05, 0.1) is 22.5 Å². The molecule has 0 spiro atoms. The number of hydrogen-bond acceptors (Lipinski definition) is 5. The Morgan fingerprint density at radius 2 is 1.84 bits per heavy atom. The van der Waals surface area contributed by atoms with Crippen LogP contribution in [0.4, 0.5) is 22.0 Å². The van der Waals surface area contributed by atoms with Gasteiger partial charge in [0.2, 0.25) is 10.0 Å². The summed E-state index contributed by atoms with van der Waals surface area (Å²) in [5, 5.41) is 10.5. The van der Waals surface area contributed by atoms with Gasteiger partial charge < -0.3 is 9.30 Å². The number of rotatable bonds is 7. The van der Waals surface area contributed by atoms with E-state index >= 15 is 0 Å². The van der Waals surface area contributed by atoms with Gasteiger partial charge in [0.15, 0.2) is 0 Å². The Morgan fingerprint density at radius 3 is 2.38 bits per heavy atom. The summed E-state index contributed by atoms with van der Waals surface area (Å²) in [6.45, 7) is -1.62. The van der Waals surface area contributed by atoms with E-state index in [0.29, 0.717) is 30.4 Å². The van der Waals surface area contributed by atoms with Crippen molar-refractivity contribution in [3.8, 4) is 23.2 Å². The number of nitrogens with zero attached hydrogens (tertiary/aromatic N) is 3. The SMILES string of the molecule is CC(C)(NS(=O)(=O)c1ccc(-c2c(C#N)c3ccc(OC(F)F)cc3n2C2CCCC2)nc1)C(F)(F)F. The second-order valence-electron chi connectivity index (χ2n) is 9.31. The fourth-order valence-electron chi connectivity index (χ4n) is 4.51. The second-order valence-corrected chi connectivity index (χ2v) is 11.0. The average Bonchev–Trinajstić information content (AvgIpc) is 3.42. The zero-order valence-corrected chi connectivity index (χ0v) is 20.6. The summed E-state index contributed by atoms with van der Waals surface area (Å²) in [6, 6.07) is 8.74. The van der Waals surface area contributed by atoms with Gasteiger partial charge in [-0.25, -0.2) is 8.42 Å². The van der Waals surface area contributed by atoms with Crippen molar-refractivity contribution in [2.24, 2.45) is 0 Å². The summed E-state index contributed by atoms with van der Waals surface area (Å²) in [7, 11) is -4.58. The molecule has 1 aliphatic carbocycles. The van der Waals surface area contributed by atoms with Crippen molar-refractivity contribution in [2.75, 3.05) is 0 Å². The van der Waals surface area contributed by atoms with E-state index in [1.807, 2.05) is 4.57 Å². The minimum atomic E-state index is -4.83. The molecule has 198 valence electrons. The fourth-order valence-corrected chi connectivity index (χ4v) is 5.85. The van der Waals surface area contributed by atoms with Gasteiger partial charge in [-0.1, -0.05) is 12.8 Å². The van der Waals surface area contributed by atoms with E-state index in [4.69, 9.17) is 0 Å². The summed E-state index contributed by atoms with van der Waals surface area (Å²) < 4.78 is 98.6. The Morgan fingerprint density at radius 1 is 1.16 bits per heavy atom. The van der Waals surface area contributed by atoms with Crippen LogP contribution >= 0.6 is 0 Å². The van der Waals surface area contributed by atoms with E-state index in [1.54, 1.807) is 4.72 Å². The normalized spacial score (nSPS) is 15.4. The summed E-state index contributed by atoms with van der Waals surface area (Å²) in [4.78, 5) is 3.71. The molecule has 3 aromatic rings. The van der Waals surface area contributed by atoms with Crippen LogP contribution in [0, 0.1) is 11.3 Å². The molecule has 0 amide bonds. The smallest absolute Gasteiger partial charge is 0.407 e. The highest BCUT2D eigenvalue weighted by molar-refractivity contribution is 7.89. The number of sulfonamides is 1. The van der Waals surface area contributed by atoms with Gasteiger partial charge in [-0.2, -0.15) is 31.9 Å². The highest BCUT2D eigenvalue weighted by atomic mass is 32.2. The molecule has 37 heavy (non-hydrogen) atoms. The highest BCUT2D eigenvalue weighted by Gasteiger charge is 2.49. The van der Waals surface area contributed by atoms with Gasteiger partial charge in [-0.15, -0.1) is 0 Å². The topological polar surface area (TPSA) is 97.0 Å². The zero-order chi connectivity index (χ0) is 27.2. The first-order valence-corrected chi connectivity index (χ1v) is 12.8. The molecule has 2 aromatic heterocycles. The quantitative estimate of drug-likeness (QED) is 0.375. The van der Waals surface area contributed by atoms with Gasteiger partial charge in [0.25, 0.3) is 0 Å². The molecule has 7 nitrogen and oxygen atoms in total. The van der Waals surface area contributed by atoms with Crippen molar-refractivity contribution >= 4 is 20.9 Å². The number of ether oxygens (including phenoxy) is 1. The average molecular weight is 543 g/mol. The lowest BCUT2D eigenvalue weighted by Gasteiger charge is -2.28. The molecule has 0 bridgehead atoms. The molecule has 1 aliphatic rings. The van der Waals surface area contributed by atoms with Crippen LogP contribution in [0.2, 0.25) is 0 Å². The number of benzene rings is 1. The zero-order valence-electron chi connectivity index (χ0n) is 19.8. The number of pyridine rings is 1. The molecular weight excluding hydrogens is 519 g/mol. The fraction of sp³-hybridized carbons (Fsp3) is 0.417. The maximum absolute atomic E-state index is 13.2. The molecule has 1 saturated carbocycles. The molecule has 0 aliphatic heterocycles. The molecule has 1 fully saturated rings. The van der Waals surface area contributed by atoms with E-state index in [9.17, 15) is 35.6 Å². The molecule has 0 saturated heterocycles. The van der Waals surface area contributed by atoms with Gasteiger partial charge in [-0.3, -0.25) is 4.98 Å². The monoisotopic (exact) mass is 542 g/mol. The summed E-state index contributed by atoms with van der Waals surface area (Å²) >= 11 is 0. The molecule has 0 unspecified atom stereocenters. The molecule has 4 rings (SSSR count). The van der Waals surface area contributed by atoms with Crippen molar-refractivity contribution in [3.63, 3.8) is 0 Å². The Kier molecular flexibility index (Phi) is 6.94. The Labute approximate surface area is 209 Å². The van der Waals surface area contributed by atoms with Crippen molar-refractivity contribution in [3.05, 3.63) is 42.1 Å². The number of aromatic nitrogens is 2. The number of nitriles is 1. The van der Waals surface area contributed by atoms with Crippen molar-refractivity contribution in [2.45, 2.75) is 68.8 Å². The van der Waals surface area contributed by atoms with Gasteiger partial charge in [-0.05, 0) is 51.0 Å². The van der Waals surface area contributed by atoms with E-state index < -0.39 is 33.2 Å². The highest BCUT2D eigenvalue weighted by Crippen LogP contribution is 2.42. The summed E-state index contributed by atoms with van der Waals surface area (Å²) in [5.41, 5.74) is -1.43. The number of halogens is 5. The summed E-state index contributed by atoms with van der Waals surface area (Å²) in [5.74, 6) is -0.0805. The summed E-state index contributed by atoms with van der Waals surface area (Å²) in [6.07, 6.45) is -0.527.